The van der Waals surface area contributed by atoms with Gasteiger partial charge in [-0.15, -0.1) is 41.3 Å². The summed E-state index contributed by atoms with van der Waals surface area (Å²) in [4.78, 5) is 10.1. The zero-order valence-electron chi connectivity index (χ0n) is 30.5. The Balaban J connectivity index is 0.00000374. The van der Waals surface area contributed by atoms with E-state index in [0.29, 0.717) is 5.92 Å². The molecule has 5 nitrogen and oxygen atoms in total. The molecule has 2 aliphatic rings. The minimum atomic E-state index is -0.230. The van der Waals surface area contributed by atoms with Gasteiger partial charge in [-0.05, 0) is 91.4 Å². The van der Waals surface area contributed by atoms with Crippen LogP contribution in [0.4, 0.5) is 0 Å². The van der Waals surface area contributed by atoms with Gasteiger partial charge in [-0.1, -0.05) is 81.6 Å². The fourth-order valence-corrected chi connectivity index (χ4v) is 8.25. The maximum Gasteiger partial charge on any atom is 2.00 e. The molecule has 1 aliphatic heterocycles. The molecule has 6 heteroatoms. The molecule has 7 aromatic rings. The maximum absolute atomic E-state index is 6.71. The number of pyridine rings is 1. The summed E-state index contributed by atoms with van der Waals surface area (Å²) in [6.45, 7) is 15.7. The molecule has 260 valence electrons. The van der Waals surface area contributed by atoms with Crippen molar-refractivity contribution in [1.82, 2.24) is 14.1 Å². The van der Waals surface area contributed by atoms with Gasteiger partial charge in [0.05, 0.1) is 11.6 Å². The summed E-state index contributed by atoms with van der Waals surface area (Å²) < 4.78 is 11.3. The summed E-state index contributed by atoms with van der Waals surface area (Å²) >= 11 is 0. The van der Waals surface area contributed by atoms with E-state index in [9.17, 15) is 0 Å². The Morgan fingerprint density at radius 3 is 2.41 bits per heavy atom. The minimum absolute atomic E-state index is 0. The molecule has 0 unspecified atom stereocenters. The molecule has 2 atom stereocenters. The number of aliphatic imine (C=N–C) groups is 1. The van der Waals surface area contributed by atoms with E-state index in [-0.39, 0.29) is 38.1 Å². The van der Waals surface area contributed by atoms with E-state index in [1.165, 1.54) is 40.3 Å². The molecule has 0 amide bonds. The van der Waals surface area contributed by atoms with Crippen LogP contribution in [0.15, 0.2) is 84.0 Å². The number of benzene rings is 4. The second-order valence-electron chi connectivity index (χ2n) is 16.1. The number of aromatic nitrogens is 3. The van der Waals surface area contributed by atoms with Crippen LogP contribution in [0.2, 0.25) is 0 Å². The Morgan fingerprint density at radius 1 is 0.843 bits per heavy atom. The van der Waals surface area contributed by atoms with Crippen molar-refractivity contribution in [3.8, 4) is 11.4 Å². The van der Waals surface area contributed by atoms with Crippen LogP contribution in [-0.2, 0) is 31.2 Å². The fourth-order valence-electron chi connectivity index (χ4n) is 8.25. The average Bonchev–Trinajstić information content (AvgIpc) is 3.74. The van der Waals surface area contributed by atoms with Crippen molar-refractivity contribution in [3.63, 3.8) is 0 Å². The summed E-state index contributed by atoms with van der Waals surface area (Å²) in [6.07, 6.45) is 6.41. The predicted octanol–water partition coefficient (Wildman–Crippen LogP) is 11.1. The monoisotopic (exact) mass is 851 g/mol. The molecule has 1 fully saturated rings. The minimum Gasteiger partial charge on any atom is -0.512 e. The SMILES string of the molecule is Cc1ccc2c(c1)c1ccc(-n3c4ccc(C(C)(C)C)cc4c4cccnc43)[c-]c1n2-c1[c-]c(C2=N[C@H]3CCCC[C@]3(C)O2)cc(C(C)C)c1.[Pt+2]. The first-order valence-electron chi connectivity index (χ1n) is 18.2. The van der Waals surface area contributed by atoms with Gasteiger partial charge < -0.3 is 13.9 Å². The van der Waals surface area contributed by atoms with Crippen LogP contribution in [0.3, 0.4) is 0 Å². The van der Waals surface area contributed by atoms with Gasteiger partial charge in [-0.25, -0.2) is 4.98 Å². The first-order chi connectivity index (χ1) is 24.0. The smallest absolute Gasteiger partial charge is 0.512 e. The molecule has 9 rings (SSSR count). The van der Waals surface area contributed by atoms with Crippen molar-refractivity contribution in [1.29, 1.82) is 0 Å². The van der Waals surface area contributed by atoms with E-state index in [4.69, 9.17) is 14.7 Å². The molecule has 0 bridgehead atoms. The average molecular weight is 852 g/mol. The normalized spacial score (nSPS) is 19.1. The predicted molar refractivity (Wildman–Crippen MR) is 206 cm³/mol. The van der Waals surface area contributed by atoms with Gasteiger partial charge in [0, 0.05) is 22.5 Å². The Labute approximate surface area is 315 Å². The zero-order valence-corrected chi connectivity index (χ0v) is 32.8. The summed E-state index contributed by atoms with van der Waals surface area (Å²) in [6, 6.07) is 34.7. The molecular formula is C45H44N4OPt. The number of hydrogen-bond acceptors (Lipinski definition) is 3. The molecule has 0 saturated heterocycles. The number of ether oxygens (including phenoxy) is 1. The van der Waals surface area contributed by atoms with Crippen molar-refractivity contribution in [3.05, 3.63) is 113 Å². The number of hydrogen-bond donors (Lipinski definition) is 0. The fraction of sp³-hybridized carbons (Fsp3) is 0.333. The first-order valence-corrected chi connectivity index (χ1v) is 18.2. The molecule has 3 aromatic heterocycles. The van der Waals surface area contributed by atoms with Crippen LogP contribution in [0.1, 0.15) is 95.4 Å². The van der Waals surface area contributed by atoms with E-state index in [2.05, 4.69) is 136 Å². The molecule has 1 aliphatic carbocycles. The van der Waals surface area contributed by atoms with Crippen molar-refractivity contribution in [2.24, 2.45) is 4.99 Å². The first kappa shape index (κ1) is 33.9. The molecular weight excluding hydrogens is 808 g/mol. The van der Waals surface area contributed by atoms with E-state index in [0.717, 1.165) is 68.6 Å². The second kappa shape index (κ2) is 12.2. The van der Waals surface area contributed by atoms with E-state index < -0.39 is 0 Å². The molecule has 4 heterocycles. The maximum atomic E-state index is 6.71. The Bertz CT molecular complexity index is 2530. The summed E-state index contributed by atoms with van der Waals surface area (Å²) in [5, 5.41) is 4.72. The van der Waals surface area contributed by atoms with Crippen LogP contribution in [-0.4, -0.2) is 31.7 Å². The third kappa shape index (κ3) is 5.46. The number of rotatable bonds is 4. The molecule has 0 spiro atoms. The Kier molecular flexibility index (Phi) is 8.11. The number of fused-ring (bicyclic) bond motifs is 7. The van der Waals surface area contributed by atoms with Crippen molar-refractivity contribution in [2.45, 2.75) is 97.1 Å². The van der Waals surface area contributed by atoms with E-state index in [1.54, 1.807) is 0 Å². The number of aryl methyl sites for hydroxylation is 1. The van der Waals surface area contributed by atoms with Crippen molar-refractivity contribution >= 4 is 49.6 Å². The molecule has 1 saturated carbocycles. The second-order valence-corrected chi connectivity index (χ2v) is 16.1. The van der Waals surface area contributed by atoms with Crippen LogP contribution in [0.25, 0.3) is 55.1 Å². The number of nitrogens with zero attached hydrogens (tertiary/aromatic N) is 4. The third-order valence-electron chi connectivity index (χ3n) is 11.2. The topological polar surface area (TPSA) is 44.3 Å². The standard InChI is InChI=1S/C45H44N4O.Pt/c1-27(2)29-22-30(43-47-41-12-8-9-19-45(41,7)50-43)24-33(23-29)48-38-17-13-28(3)21-36(38)34-16-15-32(26-40(34)48)49-39-18-14-31(44(4,5)6)25-37(39)35-11-10-20-46-42(35)49;/h10-11,13-18,20-23,25,27,41H,8-9,12,19H2,1-7H3;/q-2;+2/t41-,45-;/m0./s1. The van der Waals surface area contributed by atoms with Crippen LogP contribution in [0.5, 0.6) is 0 Å². The zero-order chi connectivity index (χ0) is 34.5. The van der Waals surface area contributed by atoms with Crippen LogP contribution in [0, 0.1) is 19.1 Å². The van der Waals surface area contributed by atoms with Gasteiger partial charge in [0.15, 0.2) is 0 Å². The summed E-state index contributed by atoms with van der Waals surface area (Å²) in [7, 11) is 0. The van der Waals surface area contributed by atoms with Gasteiger partial charge in [-0.3, -0.25) is 4.99 Å². The van der Waals surface area contributed by atoms with E-state index in [1.807, 2.05) is 12.3 Å². The Morgan fingerprint density at radius 2 is 1.63 bits per heavy atom. The largest absolute Gasteiger partial charge is 2.00 e. The molecule has 0 radical (unpaired) electrons. The van der Waals surface area contributed by atoms with Gasteiger partial charge in [0.25, 0.3) is 0 Å². The molecule has 4 aromatic carbocycles. The third-order valence-corrected chi connectivity index (χ3v) is 11.2. The van der Waals surface area contributed by atoms with Gasteiger partial charge >= 0.3 is 21.1 Å². The molecule has 51 heavy (non-hydrogen) atoms. The van der Waals surface area contributed by atoms with Crippen LogP contribution < -0.4 is 0 Å². The summed E-state index contributed by atoms with van der Waals surface area (Å²) in [5.41, 5.74) is 10.7. The van der Waals surface area contributed by atoms with E-state index >= 15 is 0 Å². The molecule has 0 N–H and O–H groups in total. The van der Waals surface area contributed by atoms with Crippen LogP contribution >= 0.6 is 0 Å². The van der Waals surface area contributed by atoms with Gasteiger partial charge in [-0.2, -0.15) is 6.07 Å². The Hall–Kier alpha value is -4.21. The van der Waals surface area contributed by atoms with Crippen molar-refractivity contribution < 1.29 is 25.8 Å². The summed E-state index contributed by atoms with van der Waals surface area (Å²) in [5.74, 6) is 1.05. The van der Waals surface area contributed by atoms with Gasteiger partial charge in [0.1, 0.15) is 17.1 Å². The van der Waals surface area contributed by atoms with Gasteiger partial charge in [0.2, 0.25) is 0 Å². The van der Waals surface area contributed by atoms with Crippen molar-refractivity contribution in [2.75, 3.05) is 0 Å². The quantitative estimate of drug-likeness (QED) is 0.166.